The number of rotatable bonds is 4. The van der Waals surface area contributed by atoms with Crippen LogP contribution >= 0.6 is 0 Å². The van der Waals surface area contributed by atoms with Crippen molar-refractivity contribution in [3.63, 3.8) is 0 Å². The third-order valence-electron chi connectivity index (χ3n) is 5.34. The summed E-state index contributed by atoms with van der Waals surface area (Å²) in [5.41, 5.74) is 5.52. The van der Waals surface area contributed by atoms with Gasteiger partial charge >= 0.3 is 0 Å². The van der Waals surface area contributed by atoms with E-state index in [1.54, 1.807) is 6.07 Å². The molecule has 2 aliphatic rings. The summed E-state index contributed by atoms with van der Waals surface area (Å²) in [4.78, 5) is 11.2. The van der Waals surface area contributed by atoms with Gasteiger partial charge in [-0.05, 0) is 49.8 Å². The lowest BCUT2D eigenvalue weighted by Gasteiger charge is -2.34. The molecule has 1 aliphatic carbocycles. The molecule has 3 N–H and O–H groups in total. The van der Waals surface area contributed by atoms with Gasteiger partial charge in [-0.1, -0.05) is 32.3 Å². The molecule has 1 aliphatic heterocycles. The van der Waals surface area contributed by atoms with Crippen LogP contribution in [0.3, 0.4) is 0 Å². The van der Waals surface area contributed by atoms with Gasteiger partial charge in [-0.25, -0.2) is 8.78 Å². The first kappa shape index (κ1) is 20.8. The quantitative estimate of drug-likeness (QED) is 0.853. The summed E-state index contributed by atoms with van der Waals surface area (Å²) in [5.74, 6) is -0.809. The fourth-order valence-electron chi connectivity index (χ4n) is 3.81. The summed E-state index contributed by atoms with van der Waals surface area (Å²) < 4.78 is 31.2. The maximum atomic E-state index is 13.4. The zero-order valence-corrected chi connectivity index (χ0v) is 15.5. The molecule has 26 heavy (non-hydrogen) atoms. The average Bonchev–Trinajstić information content (AvgIpc) is 2.64. The largest absolute Gasteiger partial charge is 0.381 e. The second-order valence-corrected chi connectivity index (χ2v) is 7.09. The predicted octanol–water partition coefficient (Wildman–Crippen LogP) is 3.64. The van der Waals surface area contributed by atoms with Gasteiger partial charge in [0.15, 0.2) is 0 Å². The number of carbonyl (C=O) groups is 1. The third-order valence-corrected chi connectivity index (χ3v) is 5.34. The topological polar surface area (TPSA) is 64.3 Å². The molecule has 6 heteroatoms. The van der Waals surface area contributed by atoms with Gasteiger partial charge in [0.1, 0.15) is 17.2 Å². The predicted molar refractivity (Wildman–Crippen MR) is 97.8 cm³/mol. The van der Waals surface area contributed by atoms with E-state index in [1.807, 2.05) is 6.92 Å². The van der Waals surface area contributed by atoms with E-state index < -0.39 is 11.4 Å². The van der Waals surface area contributed by atoms with E-state index in [0.29, 0.717) is 37.5 Å². The molecule has 4 nitrogen and oxygen atoms in total. The van der Waals surface area contributed by atoms with Crippen LogP contribution < -0.4 is 11.1 Å². The average molecular weight is 368 g/mol. The van der Waals surface area contributed by atoms with Gasteiger partial charge < -0.3 is 15.8 Å². The highest BCUT2D eigenvalue weighted by Crippen LogP contribution is 2.33. The standard InChI is InChI=1S/C12H14F2.C8H16N2O2/c13-10-6-7-11(12(14)8-10)9-4-2-1-3-5-9;1-2-10-8(7(9)11)3-5-12-6-4-8/h6-9H,1-5H2;10H,2-6H2,1H3,(H2,9,11). The molecule has 3 rings (SSSR count). The first-order valence-corrected chi connectivity index (χ1v) is 9.56. The second-order valence-electron chi connectivity index (χ2n) is 7.09. The molecular formula is C20H30F2N2O2. The summed E-state index contributed by atoms with van der Waals surface area (Å²) >= 11 is 0. The van der Waals surface area contributed by atoms with Crippen molar-refractivity contribution in [1.82, 2.24) is 5.32 Å². The van der Waals surface area contributed by atoms with Gasteiger partial charge in [-0.3, -0.25) is 4.79 Å². The summed E-state index contributed by atoms with van der Waals surface area (Å²) in [5, 5.41) is 3.14. The SMILES string of the molecule is CCNC1(C(N)=O)CCOCC1.Fc1ccc(C2CCCCC2)c(F)c1. The van der Waals surface area contributed by atoms with Crippen molar-refractivity contribution in [3.8, 4) is 0 Å². The summed E-state index contributed by atoms with van der Waals surface area (Å²) in [6.07, 6.45) is 7.06. The van der Waals surface area contributed by atoms with Crippen LogP contribution in [0.25, 0.3) is 0 Å². The molecule has 1 saturated carbocycles. The molecule has 1 saturated heterocycles. The number of ether oxygens (including phenoxy) is 1. The van der Waals surface area contributed by atoms with E-state index in [1.165, 1.54) is 25.3 Å². The van der Waals surface area contributed by atoms with Crippen LogP contribution in [0.1, 0.15) is 63.4 Å². The lowest BCUT2D eigenvalue weighted by atomic mass is 9.84. The third kappa shape index (κ3) is 5.48. The first-order valence-electron chi connectivity index (χ1n) is 9.56. The highest BCUT2D eigenvalue weighted by Gasteiger charge is 2.37. The summed E-state index contributed by atoms with van der Waals surface area (Å²) in [6.45, 7) is 3.98. The Kier molecular flexibility index (Phi) is 7.97. The van der Waals surface area contributed by atoms with E-state index in [-0.39, 0.29) is 11.7 Å². The number of hydrogen-bond donors (Lipinski definition) is 2. The van der Waals surface area contributed by atoms with Crippen molar-refractivity contribution in [2.75, 3.05) is 19.8 Å². The number of halogens is 2. The van der Waals surface area contributed by atoms with Gasteiger partial charge in [0.2, 0.25) is 5.91 Å². The van der Waals surface area contributed by atoms with Gasteiger partial charge in [0, 0.05) is 19.3 Å². The molecule has 1 aromatic carbocycles. The van der Waals surface area contributed by atoms with Crippen LogP contribution in [0.5, 0.6) is 0 Å². The van der Waals surface area contributed by atoms with E-state index in [0.717, 1.165) is 25.5 Å². The van der Waals surface area contributed by atoms with Crippen molar-refractivity contribution in [2.24, 2.45) is 5.73 Å². The van der Waals surface area contributed by atoms with E-state index in [2.05, 4.69) is 5.32 Å². The molecule has 2 fully saturated rings. The van der Waals surface area contributed by atoms with E-state index in [4.69, 9.17) is 10.5 Å². The number of benzene rings is 1. The Bertz CT molecular complexity index is 578. The number of nitrogens with one attached hydrogen (secondary N) is 1. The van der Waals surface area contributed by atoms with Gasteiger partial charge in [0.25, 0.3) is 0 Å². The molecule has 1 aromatic rings. The maximum Gasteiger partial charge on any atom is 0.237 e. The first-order chi connectivity index (χ1) is 12.5. The van der Waals surface area contributed by atoms with Crippen molar-refractivity contribution in [2.45, 2.75) is 63.3 Å². The normalized spacial score (nSPS) is 20.1. The molecular weight excluding hydrogens is 338 g/mol. The Morgan fingerprint density at radius 1 is 1.23 bits per heavy atom. The minimum Gasteiger partial charge on any atom is -0.381 e. The Labute approximate surface area is 154 Å². The number of hydrogen-bond acceptors (Lipinski definition) is 3. The van der Waals surface area contributed by atoms with Crippen LogP contribution in [0.15, 0.2) is 18.2 Å². The number of primary amides is 1. The Balaban J connectivity index is 0.000000190. The van der Waals surface area contributed by atoms with Crippen molar-refractivity contribution in [3.05, 3.63) is 35.4 Å². The molecule has 0 aromatic heterocycles. The molecule has 1 amide bonds. The highest BCUT2D eigenvalue weighted by atomic mass is 19.1. The van der Waals surface area contributed by atoms with Crippen LogP contribution in [0.4, 0.5) is 8.78 Å². The van der Waals surface area contributed by atoms with Crippen LogP contribution in [0.2, 0.25) is 0 Å². The van der Waals surface area contributed by atoms with Crippen molar-refractivity contribution < 1.29 is 18.3 Å². The molecule has 0 atom stereocenters. The second kappa shape index (κ2) is 9.97. The molecule has 0 unspecified atom stereocenters. The summed E-state index contributed by atoms with van der Waals surface area (Å²) in [6, 6.07) is 3.94. The molecule has 0 radical (unpaired) electrons. The van der Waals surface area contributed by atoms with Gasteiger partial charge in [0.05, 0.1) is 0 Å². The number of carbonyl (C=O) groups excluding carboxylic acids is 1. The molecule has 1 heterocycles. The lowest BCUT2D eigenvalue weighted by Crippen LogP contribution is -2.58. The fraction of sp³-hybridized carbons (Fsp3) is 0.650. The van der Waals surface area contributed by atoms with Crippen LogP contribution in [0, 0.1) is 11.6 Å². The number of amides is 1. The molecule has 0 spiro atoms. The minimum atomic E-state index is -0.507. The Morgan fingerprint density at radius 3 is 2.42 bits per heavy atom. The lowest BCUT2D eigenvalue weighted by molar-refractivity contribution is -0.128. The zero-order valence-electron chi connectivity index (χ0n) is 15.5. The van der Waals surface area contributed by atoms with Gasteiger partial charge in [-0.15, -0.1) is 0 Å². The minimum absolute atomic E-state index is 0.257. The summed E-state index contributed by atoms with van der Waals surface area (Å²) in [7, 11) is 0. The number of nitrogens with two attached hydrogens (primary N) is 1. The van der Waals surface area contributed by atoms with E-state index >= 15 is 0 Å². The smallest absolute Gasteiger partial charge is 0.237 e. The fourth-order valence-corrected chi connectivity index (χ4v) is 3.81. The number of likely N-dealkylation sites (N-methyl/N-ethyl adjacent to an activating group) is 1. The highest BCUT2D eigenvalue weighted by molar-refractivity contribution is 5.84. The maximum absolute atomic E-state index is 13.4. The van der Waals surface area contributed by atoms with Crippen LogP contribution in [-0.4, -0.2) is 31.2 Å². The van der Waals surface area contributed by atoms with Crippen molar-refractivity contribution >= 4 is 5.91 Å². The Morgan fingerprint density at radius 2 is 1.88 bits per heavy atom. The van der Waals surface area contributed by atoms with Gasteiger partial charge in [-0.2, -0.15) is 0 Å². The zero-order chi connectivity index (χ0) is 19.0. The van der Waals surface area contributed by atoms with E-state index in [9.17, 15) is 13.6 Å². The van der Waals surface area contributed by atoms with Crippen LogP contribution in [-0.2, 0) is 9.53 Å². The molecule has 0 bridgehead atoms. The molecule has 146 valence electrons. The van der Waals surface area contributed by atoms with Crippen molar-refractivity contribution in [1.29, 1.82) is 0 Å². The monoisotopic (exact) mass is 368 g/mol. The Hall–Kier alpha value is -1.53.